The first-order valence-corrected chi connectivity index (χ1v) is 4.17. The zero-order valence-corrected chi connectivity index (χ0v) is 7.76. The van der Waals surface area contributed by atoms with Crippen LogP contribution in [0, 0.1) is 0 Å². The Balaban J connectivity index is 2.90. The fraction of sp³-hybridized carbons (Fsp3) is 0.429. The van der Waals surface area contributed by atoms with Gasteiger partial charge in [-0.25, -0.2) is 0 Å². The number of hydrogen-bond acceptors (Lipinski definition) is 0. The molecule has 0 saturated heterocycles. The van der Waals surface area contributed by atoms with Gasteiger partial charge in [0.1, 0.15) is 0 Å². The fourth-order valence-electron chi connectivity index (χ4n) is 0.797. The van der Waals surface area contributed by atoms with Crippen molar-refractivity contribution in [1.82, 2.24) is 0 Å². The first kappa shape index (κ1) is 8.45. The van der Waals surface area contributed by atoms with Crippen molar-refractivity contribution in [3.8, 4) is 0 Å². The van der Waals surface area contributed by atoms with Crippen molar-refractivity contribution in [3.63, 3.8) is 0 Å². The van der Waals surface area contributed by atoms with Crippen LogP contribution in [0.15, 0.2) is 21.7 Å². The van der Waals surface area contributed by atoms with Crippen molar-refractivity contribution in [2.75, 3.05) is 0 Å². The van der Waals surface area contributed by atoms with Gasteiger partial charge in [-0.15, -0.1) is 11.6 Å². The van der Waals surface area contributed by atoms with Crippen molar-refractivity contribution in [2.24, 2.45) is 0 Å². The standard InChI is InChI=1S/C7H7Cl3/c1-4-6(9)2-5(8)3-7(4)10/h2,5H,3H2,1H3. The van der Waals surface area contributed by atoms with E-state index in [1.165, 1.54) is 0 Å². The van der Waals surface area contributed by atoms with E-state index in [1.54, 1.807) is 0 Å². The van der Waals surface area contributed by atoms with Gasteiger partial charge in [-0.2, -0.15) is 0 Å². The summed E-state index contributed by atoms with van der Waals surface area (Å²) < 4.78 is 0. The third kappa shape index (κ3) is 1.69. The Morgan fingerprint density at radius 1 is 1.50 bits per heavy atom. The molecule has 1 unspecified atom stereocenters. The number of rotatable bonds is 0. The minimum Gasteiger partial charge on any atom is -0.118 e. The monoisotopic (exact) mass is 196 g/mol. The van der Waals surface area contributed by atoms with E-state index >= 15 is 0 Å². The topological polar surface area (TPSA) is 0 Å². The quantitative estimate of drug-likeness (QED) is 0.520. The van der Waals surface area contributed by atoms with Gasteiger partial charge in [0.25, 0.3) is 0 Å². The fourth-order valence-corrected chi connectivity index (χ4v) is 1.80. The molecule has 3 heteroatoms. The largest absolute Gasteiger partial charge is 0.118 e. The lowest BCUT2D eigenvalue weighted by molar-refractivity contribution is 0.997. The highest BCUT2D eigenvalue weighted by atomic mass is 35.5. The summed E-state index contributed by atoms with van der Waals surface area (Å²) in [6, 6.07) is 0. The van der Waals surface area contributed by atoms with E-state index in [-0.39, 0.29) is 5.38 Å². The highest BCUT2D eigenvalue weighted by Gasteiger charge is 2.14. The summed E-state index contributed by atoms with van der Waals surface area (Å²) in [5, 5.41) is 1.41. The lowest BCUT2D eigenvalue weighted by Crippen LogP contribution is -2.02. The smallest absolute Gasteiger partial charge is 0.0582 e. The first-order chi connectivity index (χ1) is 4.61. The van der Waals surface area contributed by atoms with Crippen molar-refractivity contribution in [1.29, 1.82) is 0 Å². The van der Waals surface area contributed by atoms with Gasteiger partial charge >= 0.3 is 0 Å². The van der Waals surface area contributed by atoms with E-state index in [9.17, 15) is 0 Å². The maximum absolute atomic E-state index is 5.83. The summed E-state index contributed by atoms with van der Waals surface area (Å²) in [4.78, 5) is 0. The number of allylic oxidation sites excluding steroid dienone is 4. The van der Waals surface area contributed by atoms with Gasteiger partial charge in [0.2, 0.25) is 0 Å². The SMILES string of the molecule is CC1=C(Cl)CC(Cl)C=C1Cl. The minimum atomic E-state index is -0.0382. The molecule has 0 N–H and O–H groups in total. The number of hydrogen-bond donors (Lipinski definition) is 0. The lowest BCUT2D eigenvalue weighted by atomic mass is 10.1. The van der Waals surface area contributed by atoms with E-state index in [0.29, 0.717) is 11.5 Å². The average molecular weight is 197 g/mol. The molecule has 1 aliphatic rings. The second-order valence-corrected chi connectivity index (χ2v) is 3.69. The van der Waals surface area contributed by atoms with Crippen LogP contribution >= 0.6 is 34.8 Å². The molecule has 0 heterocycles. The van der Waals surface area contributed by atoms with Gasteiger partial charge in [0, 0.05) is 16.5 Å². The highest BCUT2D eigenvalue weighted by molar-refractivity contribution is 6.37. The van der Waals surface area contributed by atoms with Crippen LogP contribution in [0.3, 0.4) is 0 Å². The van der Waals surface area contributed by atoms with Crippen molar-refractivity contribution in [2.45, 2.75) is 18.7 Å². The summed E-state index contributed by atoms with van der Waals surface area (Å²) in [5.41, 5.74) is 0.945. The lowest BCUT2D eigenvalue weighted by Gasteiger charge is -2.13. The normalized spacial score (nSPS) is 26.8. The molecule has 0 spiro atoms. The predicted molar refractivity (Wildman–Crippen MR) is 46.7 cm³/mol. The molecular weight excluding hydrogens is 190 g/mol. The second-order valence-electron chi connectivity index (χ2n) is 2.26. The molecule has 1 aliphatic carbocycles. The van der Waals surface area contributed by atoms with Crippen LogP contribution < -0.4 is 0 Å². The number of halogens is 3. The Labute approximate surface area is 75.5 Å². The average Bonchev–Trinajstić information content (AvgIpc) is 1.82. The van der Waals surface area contributed by atoms with Crippen LogP contribution in [-0.2, 0) is 0 Å². The summed E-state index contributed by atoms with van der Waals surface area (Å²) in [5.74, 6) is 0. The zero-order chi connectivity index (χ0) is 7.72. The highest BCUT2D eigenvalue weighted by Crippen LogP contribution is 2.31. The Hall–Kier alpha value is 0.350. The van der Waals surface area contributed by atoms with E-state index in [1.807, 2.05) is 13.0 Å². The van der Waals surface area contributed by atoms with Crippen LogP contribution in [0.1, 0.15) is 13.3 Å². The Kier molecular flexibility index (Phi) is 2.67. The molecule has 0 fully saturated rings. The maximum atomic E-state index is 5.83. The van der Waals surface area contributed by atoms with Gasteiger partial charge in [0.15, 0.2) is 0 Å². The molecule has 1 atom stereocenters. The van der Waals surface area contributed by atoms with E-state index in [2.05, 4.69) is 0 Å². The molecular formula is C7H7Cl3. The van der Waals surface area contributed by atoms with Gasteiger partial charge in [-0.3, -0.25) is 0 Å². The van der Waals surface area contributed by atoms with Crippen LogP contribution in [-0.4, -0.2) is 5.38 Å². The third-order valence-electron chi connectivity index (χ3n) is 1.47. The number of alkyl halides is 1. The molecule has 0 aromatic carbocycles. The Bertz CT molecular complexity index is 203. The molecule has 0 aromatic heterocycles. The van der Waals surface area contributed by atoms with Gasteiger partial charge in [-0.05, 0) is 18.6 Å². The molecule has 0 bridgehead atoms. The molecule has 10 heavy (non-hydrogen) atoms. The molecule has 0 nitrogen and oxygen atoms in total. The molecule has 0 radical (unpaired) electrons. The minimum absolute atomic E-state index is 0.0382. The van der Waals surface area contributed by atoms with E-state index < -0.39 is 0 Å². The predicted octanol–water partition coefficient (Wildman–Crippen LogP) is 3.63. The molecule has 0 saturated carbocycles. The van der Waals surface area contributed by atoms with Crippen LogP contribution in [0.4, 0.5) is 0 Å². The summed E-state index contributed by atoms with van der Waals surface area (Å²) >= 11 is 17.4. The first-order valence-electron chi connectivity index (χ1n) is 2.98. The summed E-state index contributed by atoms with van der Waals surface area (Å²) in [6.07, 6.45) is 2.51. The van der Waals surface area contributed by atoms with Crippen LogP contribution in [0.25, 0.3) is 0 Å². The molecule has 1 rings (SSSR count). The van der Waals surface area contributed by atoms with Crippen molar-refractivity contribution >= 4 is 34.8 Å². The van der Waals surface area contributed by atoms with Gasteiger partial charge < -0.3 is 0 Å². The Morgan fingerprint density at radius 3 is 2.60 bits per heavy atom. The molecule has 0 aromatic rings. The molecule has 0 amide bonds. The zero-order valence-electron chi connectivity index (χ0n) is 5.50. The second kappa shape index (κ2) is 3.17. The van der Waals surface area contributed by atoms with E-state index in [0.717, 1.165) is 10.6 Å². The maximum Gasteiger partial charge on any atom is 0.0582 e. The van der Waals surface area contributed by atoms with Crippen LogP contribution in [0.2, 0.25) is 0 Å². The van der Waals surface area contributed by atoms with Crippen molar-refractivity contribution in [3.05, 3.63) is 21.7 Å². The van der Waals surface area contributed by atoms with Gasteiger partial charge in [0.05, 0.1) is 5.38 Å². The summed E-state index contributed by atoms with van der Waals surface area (Å²) in [6.45, 7) is 1.89. The Morgan fingerprint density at radius 2 is 2.10 bits per heavy atom. The van der Waals surface area contributed by atoms with Crippen molar-refractivity contribution < 1.29 is 0 Å². The van der Waals surface area contributed by atoms with E-state index in [4.69, 9.17) is 34.8 Å². The van der Waals surface area contributed by atoms with Gasteiger partial charge in [-0.1, -0.05) is 23.2 Å². The third-order valence-corrected chi connectivity index (χ3v) is 2.59. The van der Waals surface area contributed by atoms with Crippen LogP contribution in [0.5, 0.6) is 0 Å². The summed E-state index contributed by atoms with van der Waals surface area (Å²) in [7, 11) is 0. The molecule has 56 valence electrons. The molecule has 0 aliphatic heterocycles.